The zero-order chi connectivity index (χ0) is 16.0. The highest BCUT2D eigenvalue weighted by Crippen LogP contribution is 2.30. The summed E-state index contributed by atoms with van der Waals surface area (Å²) in [5.41, 5.74) is -0.462. The lowest BCUT2D eigenvalue weighted by molar-refractivity contribution is -0.161. The molecule has 0 fully saturated rings. The summed E-state index contributed by atoms with van der Waals surface area (Å²) in [4.78, 5) is 12.4. The van der Waals surface area contributed by atoms with Crippen LogP contribution in [0, 0.1) is 0 Å². The molecule has 2 aromatic carbocycles. The van der Waals surface area contributed by atoms with Crippen molar-refractivity contribution in [2.45, 2.75) is 19.4 Å². The van der Waals surface area contributed by atoms with E-state index in [0.29, 0.717) is 12.4 Å². The fraction of sp³-hybridized carbons (Fsp3) is 0.278. The van der Waals surface area contributed by atoms with Crippen LogP contribution in [0.15, 0.2) is 54.6 Å². The molecule has 0 heterocycles. The fourth-order valence-electron chi connectivity index (χ4n) is 2.12. The first-order valence-electron chi connectivity index (χ1n) is 7.16. The number of ether oxygens (including phenoxy) is 3. The fourth-order valence-corrected chi connectivity index (χ4v) is 2.12. The van der Waals surface area contributed by atoms with Gasteiger partial charge in [-0.25, -0.2) is 4.79 Å². The summed E-state index contributed by atoms with van der Waals surface area (Å²) in [7, 11) is 1.60. The van der Waals surface area contributed by atoms with Crippen molar-refractivity contribution >= 4 is 5.97 Å². The van der Waals surface area contributed by atoms with Crippen LogP contribution in [0.5, 0.6) is 11.5 Å². The number of carbonyl (C=O) groups excluding carboxylic acids is 1. The third kappa shape index (κ3) is 3.39. The van der Waals surface area contributed by atoms with Gasteiger partial charge < -0.3 is 14.2 Å². The Kier molecular flexibility index (Phi) is 5.04. The molecule has 0 unspecified atom stereocenters. The van der Waals surface area contributed by atoms with Gasteiger partial charge in [-0.1, -0.05) is 30.3 Å². The van der Waals surface area contributed by atoms with E-state index in [-0.39, 0.29) is 0 Å². The summed E-state index contributed by atoms with van der Waals surface area (Å²) in [6, 6.07) is 16.4. The number of benzene rings is 2. The Bertz CT molecular complexity index is 607. The first kappa shape index (κ1) is 15.9. The van der Waals surface area contributed by atoms with Crippen LogP contribution in [0.4, 0.5) is 0 Å². The average Bonchev–Trinajstić information content (AvgIpc) is 2.56. The van der Waals surface area contributed by atoms with E-state index in [1.807, 2.05) is 30.3 Å². The van der Waals surface area contributed by atoms with E-state index in [0.717, 1.165) is 11.3 Å². The van der Waals surface area contributed by atoms with Gasteiger partial charge in [-0.2, -0.15) is 0 Å². The molecule has 2 rings (SSSR count). The standard InChI is InChI=1S/C18H20O4/c1-4-21-17(19)18(2,14-8-6-5-7-9-14)22-16-12-10-15(20-3)11-13-16/h5-13H,4H2,1-3H3/t18-/m1/s1. The Hall–Kier alpha value is -2.49. The minimum atomic E-state index is -1.20. The normalized spacial score (nSPS) is 13.0. The average molecular weight is 300 g/mol. The molecule has 0 aliphatic heterocycles. The monoisotopic (exact) mass is 300 g/mol. The van der Waals surface area contributed by atoms with Gasteiger partial charge in [0.25, 0.3) is 0 Å². The summed E-state index contributed by atoms with van der Waals surface area (Å²) in [5.74, 6) is 0.877. The van der Waals surface area contributed by atoms with Crippen molar-refractivity contribution in [2.24, 2.45) is 0 Å². The molecule has 0 bridgehead atoms. The number of hydrogen-bond donors (Lipinski definition) is 0. The van der Waals surface area contributed by atoms with Crippen molar-refractivity contribution in [3.63, 3.8) is 0 Å². The Balaban J connectivity index is 2.33. The molecular weight excluding hydrogens is 280 g/mol. The molecule has 116 valence electrons. The summed E-state index contributed by atoms with van der Waals surface area (Å²) in [5, 5.41) is 0. The molecule has 0 aliphatic rings. The Morgan fingerprint density at radius 2 is 1.59 bits per heavy atom. The topological polar surface area (TPSA) is 44.8 Å². The molecule has 0 N–H and O–H groups in total. The quantitative estimate of drug-likeness (QED) is 0.765. The van der Waals surface area contributed by atoms with E-state index < -0.39 is 11.6 Å². The van der Waals surface area contributed by atoms with Crippen LogP contribution in [0.3, 0.4) is 0 Å². The van der Waals surface area contributed by atoms with Crippen molar-refractivity contribution in [3.8, 4) is 11.5 Å². The molecule has 0 radical (unpaired) electrons. The summed E-state index contributed by atoms with van der Waals surface area (Å²) in [6.07, 6.45) is 0. The van der Waals surface area contributed by atoms with E-state index >= 15 is 0 Å². The number of methoxy groups -OCH3 is 1. The van der Waals surface area contributed by atoms with Crippen molar-refractivity contribution in [1.29, 1.82) is 0 Å². The maximum absolute atomic E-state index is 12.4. The lowest BCUT2D eigenvalue weighted by Gasteiger charge is -2.29. The van der Waals surface area contributed by atoms with Gasteiger partial charge in [-0.05, 0) is 38.1 Å². The molecule has 0 saturated carbocycles. The van der Waals surface area contributed by atoms with E-state index in [1.54, 1.807) is 45.2 Å². The number of esters is 1. The predicted octanol–water partition coefficient (Wildman–Crippen LogP) is 3.55. The third-order valence-electron chi connectivity index (χ3n) is 3.37. The van der Waals surface area contributed by atoms with Crippen molar-refractivity contribution in [3.05, 3.63) is 60.2 Å². The van der Waals surface area contributed by atoms with E-state index in [4.69, 9.17) is 14.2 Å². The minimum absolute atomic E-state index is 0.299. The molecule has 0 spiro atoms. The SMILES string of the molecule is CCOC(=O)[C@](C)(Oc1ccc(OC)cc1)c1ccccc1. The number of rotatable bonds is 6. The predicted molar refractivity (Wildman–Crippen MR) is 84.0 cm³/mol. The molecule has 4 nitrogen and oxygen atoms in total. The van der Waals surface area contributed by atoms with Crippen LogP contribution in [0.1, 0.15) is 19.4 Å². The highest BCUT2D eigenvalue weighted by Gasteiger charge is 2.39. The summed E-state index contributed by atoms with van der Waals surface area (Å²) in [6.45, 7) is 3.79. The van der Waals surface area contributed by atoms with Crippen LogP contribution >= 0.6 is 0 Å². The molecule has 0 amide bonds. The molecule has 22 heavy (non-hydrogen) atoms. The van der Waals surface area contributed by atoms with E-state index in [9.17, 15) is 4.79 Å². The molecule has 0 saturated heterocycles. The van der Waals surface area contributed by atoms with Crippen LogP contribution < -0.4 is 9.47 Å². The maximum atomic E-state index is 12.4. The van der Waals surface area contributed by atoms with Crippen molar-refractivity contribution in [2.75, 3.05) is 13.7 Å². The smallest absolute Gasteiger partial charge is 0.354 e. The molecule has 2 aromatic rings. The zero-order valence-electron chi connectivity index (χ0n) is 13.0. The maximum Gasteiger partial charge on any atom is 0.354 e. The van der Waals surface area contributed by atoms with Crippen molar-refractivity contribution < 1.29 is 19.0 Å². The van der Waals surface area contributed by atoms with Gasteiger partial charge in [0.05, 0.1) is 13.7 Å². The Labute approximate surface area is 130 Å². The minimum Gasteiger partial charge on any atom is -0.497 e. The highest BCUT2D eigenvalue weighted by molar-refractivity contribution is 5.81. The van der Waals surface area contributed by atoms with Gasteiger partial charge >= 0.3 is 5.97 Å². The number of hydrogen-bond acceptors (Lipinski definition) is 4. The largest absolute Gasteiger partial charge is 0.497 e. The molecule has 0 aromatic heterocycles. The van der Waals surface area contributed by atoms with Gasteiger partial charge in [-0.3, -0.25) is 0 Å². The second-order valence-corrected chi connectivity index (χ2v) is 4.90. The second-order valence-electron chi connectivity index (χ2n) is 4.90. The first-order valence-corrected chi connectivity index (χ1v) is 7.16. The molecule has 4 heteroatoms. The number of carbonyl (C=O) groups is 1. The first-order chi connectivity index (χ1) is 10.6. The van der Waals surface area contributed by atoms with Gasteiger partial charge in [0.2, 0.25) is 5.60 Å². The van der Waals surface area contributed by atoms with Gasteiger partial charge in [0.1, 0.15) is 11.5 Å². The van der Waals surface area contributed by atoms with Gasteiger partial charge in [-0.15, -0.1) is 0 Å². The van der Waals surface area contributed by atoms with Crippen LogP contribution in [0.25, 0.3) is 0 Å². The summed E-state index contributed by atoms with van der Waals surface area (Å²) < 4.78 is 16.3. The van der Waals surface area contributed by atoms with E-state index in [2.05, 4.69) is 0 Å². The van der Waals surface area contributed by atoms with Crippen LogP contribution in [-0.2, 0) is 15.1 Å². The van der Waals surface area contributed by atoms with Gasteiger partial charge in [0.15, 0.2) is 0 Å². The lowest BCUT2D eigenvalue weighted by atomic mass is 9.95. The Morgan fingerprint density at radius 3 is 2.14 bits per heavy atom. The van der Waals surface area contributed by atoms with Crippen molar-refractivity contribution in [1.82, 2.24) is 0 Å². The molecular formula is C18H20O4. The van der Waals surface area contributed by atoms with Crippen LogP contribution in [0.2, 0.25) is 0 Å². The lowest BCUT2D eigenvalue weighted by Crippen LogP contribution is -2.40. The van der Waals surface area contributed by atoms with E-state index in [1.165, 1.54) is 0 Å². The highest BCUT2D eigenvalue weighted by atomic mass is 16.6. The third-order valence-corrected chi connectivity index (χ3v) is 3.37. The Morgan fingerprint density at radius 1 is 1.00 bits per heavy atom. The molecule has 0 aliphatic carbocycles. The zero-order valence-corrected chi connectivity index (χ0v) is 13.0. The molecule has 1 atom stereocenters. The van der Waals surface area contributed by atoms with Crippen LogP contribution in [-0.4, -0.2) is 19.7 Å². The van der Waals surface area contributed by atoms with Gasteiger partial charge in [0, 0.05) is 5.56 Å². The summed E-state index contributed by atoms with van der Waals surface area (Å²) >= 11 is 0. The second kappa shape index (κ2) is 6.98.